The summed E-state index contributed by atoms with van der Waals surface area (Å²) in [7, 11) is 1.54. The molecule has 0 bridgehead atoms. The van der Waals surface area contributed by atoms with Gasteiger partial charge in [-0.15, -0.1) is 0 Å². The molecule has 0 spiro atoms. The average molecular weight is 475 g/mol. The fourth-order valence-electron chi connectivity index (χ4n) is 3.44. The van der Waals surface area contributed by atoms with E-state index in [1.807, 2.05) is 18.2 Å². The van der Waals surface area contributed by atoms with Crippen molar-refractivity contribution in [1.29, 1.82) is 0 Å². The molecule has 0 aliphatic heterocycles. The summed E-state index contributed by atoms with van der Waals surface area (Å²) in [6.45, 7) is 0.0561. The monoisotopic (exact) mass is 475 g/mol. The third-order valence-corrected chi connectivity index (χ3v) is 5.24. The molecule has 9 nitrogen and oxygen atoms in total. The van der Waals surface area contributed by atoms with E-state index in [0.717, 1.165) is 4.68 Å². The van der Waals surface area contributed by atoms with E-state index in [2.05, 4.69) is 15.4 Å². The number of carbonyl (C=O) groups is 1. The van der Waals surface area contributed by atoms with Gasteiger partial charge in [0, 0.05) is 36.3 Å². The second-order valence-corrected chi connectivity index (χ2v) is 7.58. The molecule has 178 valence electrons. The Morgan fingerprint density at radius 3 is 2.51 bits per heavy atom. The number of aromatic nitrogens is 4. The highest BCUT2D eigenvalue weighted by molar-refractivity contribution is 5.75. The molecule has 0 saturated carbocycles. The van der Waals surface area contributed by atoms with Gasteiger partial charge in [-0.05, 0) is 42.5 Å². The highest BCUT2D eigenvalue weighted by atomic mass is 19.1. The highest BCUT2D eigenvalue weighted by Crippen LogP contribution is 2.27. The Labute approximate surface area is 199 Å². The van der Waals surface area contributed by atoms with Crippen molar-refractivity contribution in [1.82, 2.24) is 24.6 Å². The number of hydrogen-bond acceptors (Lipinski definition) is 6. The molecule has 2 heterocycles. The molecule has 1 amide bonds. The number of rotatable bonds is 8. The number of nitrogens with one attached hydrogen (secondary N) is 1. The van der Waals surface area contributed by atoms with Gasteiger partial charge in [-0.3, -0.25) is 19.0 Å². The third kappa shape index (κ3) is 5.67. The summed E-state index contributed by atoms with van der Waals surface area (Å²) in [6, 6.07) is 17.2. The lowest BCUT2D eigenvalue weighted by Crippen LogP contribution is -2.36. The summed E-state index contributed by atoms with van der Waals surface area (Å²) in [5.41, 5.74) is 1.51. The fourth-order valence-corrected chi connectivity index (χ4v) is 3.44. The van der Waals surface area contributed by atoms with Gasteiger partial charge in [0.15, 0.2) is 0 Å². The topological polar surface area (TPSA) is 108 Å². The molecule has 10 heteroatoms. The van der Waals surface area contributed by atoms with Crippen molar-refractivity contribution in [2.45, 2.75) is 13.1 Å². The first-order chi connectivity index (χ1) is 16.9. The molecule has 2 aromatic heterocycles. The standard InChI is InChI=1S/C25H22FN5O4/c1-35-22-5-3-2-4-19(22)20-10-11-24(33)31(29-20)15-23(32)27-12-13-30-16-28-21(14-25(30)34)17-6-8-18(26)9-7-17/h2-11,14,16H,12-13,15H2,1H3,(H,27,32). The van der Waals surface area contributed by atoms with Crippen LogP contribution in [0.25, 0.3) is 22.5 Å². The predicted octanol–water partition coefficient (Wildman–Crippen LogP) is 2.10. The van der Waals surface area contributed by atoms with Crippen LogP contribution in [0, 0.1) is 5.82 Å². The van der Waals surface area contributed by atoms with Gasteiger partial charge in [-0.1, -0.05) is 12.1 Å². The molecule has 0 atom stereocenters. The second kappa shape index (κ2) is 10.6. The molecule has 0 aliphatic rings. The zero-order chi connectivity index (χ0) is 24.8. The van der Waals surface area contributed by atoms with E-state index in [9.17, 15) is 18.8 Å². The third-order valence-electron chi connectivity index (χ3n) is 5.24. The summed E-state index contributed by atoms with van der Waals surface area (Å²) in [4.78, 5) is 41.2. The minimum atomic E-state index is -0.430. The molecule has 0 fully saturated rings. The maximum absolute atomic E-state index is 13.1. The summed E-state index contributed by atoms with van der Waals surface area (Å²) >= 11 is 0. The van der Waals surface area contributed by atoms with Crippen LogP contribution in [0.5, 0.6) is 5.75 Å². The van der Waals surface area contributed by atoms with Crippen molar-refractivity contribution >= 4 is 5.91 Å². The molecule has 0 unspecified atom stereocenters. The van der Waals surface area contributed by atoms with Crippen molar-refractivity contribution in [2.24, 2.45) is 0 Å². The van der Waals surface area contributed by atoms with Crippen LogP contribution in [-0.4, -0.2) is 38.9 Å². The average Bonchev–Trinajstić information content (AvgIpc) is 2.87. The largest absolute Gasteiger partial charge is 0.496 e. The Morgan fingerprint density at radius 2 is 1.77 bits per heavy atom. The number of carbonyl (C=O) groups excluding carboxylic acids is 1. The first-order valence-electron chi connectivity index (χ1n) is 10.8. The fraction of sp³-hybridized carbons (Fsp3) is 0.160. The van der Waals surface area contributed by atoms with E-state index in [-0.39, 0.29) is 31.0 Å². The van der Waals surface area contributed by atoms with Crippen molar-refractivity contribution in [2.75, 3.05) is 13.7 Å². The van der Waals surface area contributed by atoms with Gasteiger partial charge in [0.2, 0.25) is 5.91 Å². The Morgan fingerprint density at radius 1 is 1.00 bits per heavy atom. The van der Waals surface area contributed by atoms with Crippen LogP contribution in [0.15, 0.2) is 82.6 Å². The first kappa shape index (κ1) is 23.6. The molecule has 0 saturated heterocycles. The van der Waals surface area contributed by atoms with Crippen molar-refractivity contribution in [3.05, 3.63) is 99.6 Å². The van der Waals surface area contributed by atoms with Gasteiger partial charge in [0.05, 0.1) is 24.8 Å². The highest BCUT2D eigenvalue weighted by Gasteiger charge is 2.11. The lowest BCUT2D eigenvalue weighted by molar-refractivity contribution is -0.121. The van der Waals surface area contributed by atoms with Gasteiger partial charge < -0.3 is 10.1 Å². The van der Waals surface area contributed by atoms with E-state index in [4.69, 9.17) is 4.74 Å². The molecule has 0 radical (unpaired) electrons. The molecule has 0 aliphatic carbocycles. The van der Waals surface area contributed by atoms with Crippen LogP contribution in [0.3, 0.4) is 0 Å². The number of ether oxygens (including phenoxy) is 1. The van der Waals surface area contributed by atoms with Crippen LogP contribution < -0.4 is 21.2 Å². The van der Waals surface area contributed by atoms with Gasteiger partial charge in [0.1, 0.15) is 18.1 Å². The van der Waals surface area contributed by atoms with Crippen LogP contribution in [0.2, 0.25) is 0 Å². The Kier molecular flexibility index (Phi) is 7.10. The minimum absolute atomic E-state index is 0.150. The zero-order valence-corrected chi connectivity index (χ0v) is 18.8. The van der Waals surface area contributed by atoms with Crippen LogP contribution in [0.4, 0.5) is 4.39 Å². The number of para-hydroxylation sites is 1. The molecular formula is C25H22FN5O4. The SMILES string of the molecule is COc1ccccc1-c1ccc(=O)n(CC(=O)NCCn2cnc(-c3ccc(F)cc3)cc2=O)n1. The zero-order valence-electron chi connectivity index (χ0n) is 18.8. The second-order valence-electron chi connectivity index (χ2n) is 7.58. The maximum atomic E-state index is 13.1. The van der Waals surface area contributed by atoms with Crippen molar-refractivity contribution in [3.8, 4) is 28.3 Å². The lowest BCUT2D eigenvalue weighted by atomic mass is 10.1. The summed E-state index contributed by atoms with van der Waals surface area (Å²) < 4.78 is 20.8. The quantitative estimate of drug-likeness (QED) is 0.418. The number of halogens is 1. The number of amides is 1. The van der Waals surface area contributed by atoms with Crippen LogP contribution in [0.1, 0.15) is 0 Å². The van der Waals surface area contributed by atoms with Crippen molar-refractivity contribution in [3.63, 3.8) is 0 Å². The number of nitrogens with zero attached hydrogens (tertiary/aromatic N) is 4. The molecular weight excluding hydrogens is 453 g/mol. The molecule has 2 aromatic carbocycles. The minimum Gasteiger partial charge on any atom is -0.496 e. The maximum Gasteiger partial charge on any atom is 0.267 e. The van der Waals surface area contributed by atoms with E-state index in [1.165, 1.54) is 35.2 Å². The molecule has 1 N–H and O–H groups in total. The molecule has 4 aromatic rings. The van der Waals surface area contributed by atoms with Crippen LogP contribution in [-0.2, 0) is 17.9 Å². The smallest absolute Gasteiger partial charge is 0.267 e. The van der Waals surface area contributed by atoms with Gasteiger partial charge >= 0.3 is 0 Å². The van der Waals surface area contributed by atoms with E-state index >= 15 is 0 Å². The van der Waals surface area contributed by atoms with E-state index in [0.29, 0.717) is 28.3 Å². The number of methoxy groups -OCH3 is 1. The summed E-state index contributed by atoms with van der Waals surface area (Å²) in [5.74, 6) is -0.207. The van der Waals surface area contributed by atoms with Gasteiger partial charge in [-0.25, -0.2) is 14.1 Å². The predicted molar refractivity (Wildman–Crippen MR) is 127 cm³/mol. The normalized spacial score (nSPS) is 10.7. The van der Waals surface area contributed by atoms with E-state index < -0.39 is 11.5 Å². The summed E-state index contributed by atoms with van der Waals surface area (Å²) in [5, 5.41) is 6.97. The Hall–Kier alpha value is -4.60. The summed E-state index contributed by atoms with van der Waals surface area (Å²) in [6.07, 6.45) is 1.37. The van der Waals surface area contributed by atoms with Gasteiger partial charge in [-0.2, -0.15) is 5.10 Å². The molecule has 4 rings (SSSR count). The lowest BCUT2D eigenvalue weighted by Gasteiger charge is -2.11. The Balaban J connectivity index is 1.38. The van der Waals surface area contributed by atoms with Crippen molar-refractivity contribution < 1.29 is 13.9 Å². The number of benzene rings is 2. The number of hydrogen-bond donors (Lipinski definition) is 1. The Bertz CT molecular complexity index is 1460. The molecule has 35 heavy (non-hydrogen) atoms. The van der Waals surface area contributed by atoms with Crippen LogP contribution >= 0.6 is 0 Å². The van der Waals surface area contributed by atoms with E-state index in [1.54, 1.807) is 31.4 Å². The first-order valence-corrected chi connectivity index (χ1v) is 10.8. The van der Waals surface area contributed by atoms with Gasteiger partial charge in [0.25, 0.3) is 11.1 Å².